The number of rotatable bonds is 4. The summed E-state index contributed by atoms with van der Waals surface area (Å²) in [5.41, 5.74) is 0.169. The minimum Gasteiger partial charge on any atom is -0.493 e. The molecule has 0 unspecified atom stereocenters. The number of halogens is 3. The van der Waals surface area contributed by atoms with E-state index in [9.17, 15) is 13.2 Å². The quantitative estimate of drug-likeness (QED) is 0.925. The van der Waals surface area contributed by atoms with Gasteiger partial charge >= 0.3 is 6.18 Å². The number of benzene rings is 1. The Morgan fingerprint density at radius 1 is 1.10 bits per heavy atom. The second kappa shape index (κ2) is 6.53. The molecule has 7 heteroatoms. The average molecular weight is 304 g/mol. The molecule has 1 aliphatic rings. The van der Waals surface area contributed by atoms with Crippen molar-refractivity contribution in [2.75, 3.05) is 40.4 Å². The standard InChI is InChI=1S/C14H19F3N2O2/c1-20-11-4-3-10(9-12(11)21-2)13(14(15,16)17)19-7-5-18-6-8-19/h3-4,9,13,18H,5-8H2,1-2H3/t13-/m0/s1. The summed E-state index contributed by atoms with van der Waals surface area (Å²) in [4.78, 5) is 1.44. The van der Waals surface area contributed by atoms with Crippen molar-refractivity contribution >= 4 is 0 Å². The van der Waals surface area contributed by atoms with Crippen molar-refractivity contribution in [2.45, 2.75) is 12.2 Å². The third-order valence-electron chi connectivity index (χ3n) is 3.55. The van der Waals surface area contributed by atoms with Gasteiger partial charge in [-0.1, -0.05) is 6.07 Å². The van der Waals surface area contributed by atoms with Crippen LogP contribution in [0.25, 0.3) is 0 Å². The minimum atomic E-state index is -4.34. The molecule has 1 heterocycles. The van der Waals surface area contributed by atoms with E-state index in [-0.39, 0.29) is 5.56 Å². The lowest BCUT2D eigenvalue weighted by Crippen LogP contribution is -2.49. The molecule has 0 aromatic heterocycles. The van der Waals surface area contributed by atoms with E-state index in [0.717, 1.165) is 0 Å². The van der Waals surface area contributed by atoms with Crippen LogP contribution in [0.1, 0.15) is 11.6 Å². The highest BCUT2D eigenvalue weighted by molar-refractivity contribution is 5.44. The molecule has 1 aliphatic heterocycles. The van der Waals surface area contributed by atoms with Crippen molar-refractivity contribution in [1.82, 2.24) is 10.2 Å². The van der Waals surface area contributed by atoms with Gasteiger partial charge in [0.05, 0.1) is 14.2 Å². The molecular formula is C14H19F3N2O2. The van der Waals surface area contributed by atoms with E-state index in [0.29, 0.717) is 37.7 Å². The van der Waals surface area contributed by atoms with Crippen LogP contribution in [-0.2, 0) is 0 Å². The second-order valence-electron chi connectivity index (χ2n) is 4.84. The van der Waals surface area contributed by atoms with Crippen molar-refractivity contribution in [3.8, 4) is 11.5 Å². The normalized spacial score (nSPS) is 18.3. The summed E-state index contributed by atoms with van der Waals surface area (Å²) in [5, 5.41) is 3.06. The Hall–Kier alpha value is -1.47. The third kappa shape index (κ3) is 3.59. The number of hydrogen-bond acceptors (Lipinski definition) is 4. The molecule has 0 amide bonds. The van der Waals surface area contributed by atoms with Crippen LogP contribution in [0.2, 0.25) is 0 Å². The molecule has 2 rings (SSSR count). The van der Waals surface area contributed by atoms with Gasteiger partial charge in [-0.3, -0.25) is 4.90 Å². The van der Waals surface area contributed by atoms with Gasteiger partial charge in [-0.15, -0.1) is 0 Å². The Balaban J connectivity index is 2.36. The Labute approximate surface area is 121 Å². The summed E-state index contributed by atoms with van der Waals surface area (Å²) in [6.07, 6.45) is -4.34. The highest BCUT2D eigenvalue weighted by atomic mass is 19.4. The molecular weight excluding hydrogens is 285 g/mol. The molecule has 1 fully saturated rings. The van der Waals surface area contributed by atoms with Crippen LogP contribution in [0.5, 0.6) is 11.5 Å². The van der Waals surface area contributed by atoms with Gasteiger partial charge in [0, 0.05) is 26.2 Å². The summed E-state index contributed by atoms with van der Waals surface area (Å²) in [5.74, 6) is 0.724. The first kappa shape index (κ1) is 15.9. The van der Waals surface area contributed by atoms with E-state index < -0.39 is 12.2 Å². The maximum absolute atomic E-state index is 13.5. The molecule has 0 spiro atoms. The van der Waals surface area contributed by atoms with Crippen molar-refractivity contribution in [3.63, 3.8) is 0 Å². The maximum atomic E-state index is 13.5. The van der Waals surface area contributed by atoms with Crippen molar-refractivity contribution in [2.24, 2.45) is 0 Å². The van der Waals surface area contributed by atoms with E-state index in [1.54, 1.807) is 0 Å². The molecule has 1 N–H and O–H groups in total. The van der Waals surface area contributed by atoms with Gasteiger partial charge in [-0.2, -0.15) is 13.2 Å². The van der Waals surface area contributed by atoms with Crippen molar-refractivity contribution in [3.05, 3.63) is 23.8 Å². The zero-order valence-electron chi connectivity index (χ0n) is 12.0. The summed E-state index contributed by atoms with van der Waals surface area (Å²) >= 11 is 0. The number of piperazine rings is 1. The maximum Gasteiger partial charge on any atom is 0.408 e. The van der Waals surface area contributed by atoms with Gasteiger partial charge in [-0.25, -0.2) is 0 Å². The predicted molar refractivity (Wildman–Crippen MR) is 72.8 cm³/mol. The van der Waals surface area contributed by atoms with Crippen LogP contribution in [0, 0.1) is 0 Å². The molecule has 0 bridgehead atoms. The average Bonchev–Trinajstić information content (AvgIpc) is 2.47. The molecule has 1 aromatic carbocycles. The fourth-order valence-electron chi connectivity index (χ4n) is 2.57. The Morgan fingerprint density at radius 2 is 1.71 bits per heavy atom. The smallest absolute Gasteiger partial charge is 0.408 e. The number of hydrogen-bond donors (Lipinski definition) is 1. The van der Waals surface area contributed by atoms with Gasteiger partial charge in [0.1, 0.15) is 6.04 Å². The predicted octanol–water partition coefficient (Wildman–Crippen LogP) is 2.21. The first-order chi connectivity index (χ1) is 9.97. The van der Waals surface area contributed by atoms with Crippen LogP contribution >= 0.6 is 0 Å². The van der Waals surface area contributed by atoms with E-state index >= 15 is 0 Å². The van der Waals surface area contributed by atoms with E-state index in [4.69, 9.17) is 9.47 Å². The van der Waals surface area contributed by atoms with Crippen LogP contribution in [0.4, 0.5) is 13.2 Å². The second-order valence-corrected chi connectivity index (χ2v) is 4.84. The minimum absolute atomic E-state index is 0.169. The number of nitrogens with one attached hydrogen (secondary N) is 1. The SMILES string of the molecule is COc1ccc([C@H](N2CCNCC2)C(F)(F)F)cc1OC. The number of alkyl halides is 3. The topological polar surface area (TPSA) is 33.7 Å². The zero-order valence-corrected chi connectivity index (χ0v) is 12.0. The summed E-state index contributed by atoms with van der Waals surface area (Å²) in [6.45, 7) is 1.83. The molecule has 1 atom stereocenters. The van der Waals surface area contributed by atoms with Gasteiger partial charge < -0.3 is 14.8 Å². The molecule has 1 aromatic rings. The Bertz CT molecular complexity index is 474. The lowest BCUT2D eigenvalue weighted by atomic mass is 10.0. The van der Waals surface area contributed by atoms with Gasteiger partial charge in [0.25, 0.3) is 0 Å². The monoisotopic (exact) mass is 304 g/mol. The van der Waals surface area contributed by atoms with Crippen LogP contribution in [0.15, 0.2) is 18.2 Å². The van der Waals surface area contributed by atoms with E-state index in [1.165, 1.54) is 37.3 Å². The van der Waals surface area contributed by atoms with Gasteiger partial charge in [0.15, 0.2) is 11.5 Å². The van der Waals surface area contributed by atoms with Gasteiger partial charge in [-0.05, 0) is 17.7 Å². The fourth-order valence-corrected chi connectivity index (χ4v) is 2.57. The number of ether oxygens (including phenoxy) is 2. The molecule has 4 nitrogen and oxygen atoms in total. The first-order valence-electron chi connectivity index (χ1n) is 6.70. The Morgan fingerprint density at radius 3 is 2.24 bits per heavy atom. The molecule has 1 saturated heterocycles. The van der Waals surface area contributed by atoms with E-state index in [2.05, 4.69) is 5.32 Å². The zero-order chi connectivity index (χ0) is 15.5. The molecule has 0 saturated carbocycles. The molecule has 0 radical (unpaired) electrons. The number of methoxy groups -OCH3 is 2. The summed E-state index contributed by atoms with van der Waals surface area (Å²) < 4.78 is 50.6. The summed E-state index contributed by atoms with van der Waals surface area (Å²) in [7, 11) is 2.87. The molecule has 118 valence electrons. The largest absolute Gasteiger partial charge is 0.493 e. The van der Waals surface area contributed by atoms with Crippen molar-refractivity contribution in [1.29, 1.82) is 0 Å². The van der Waals surface area contributed by atoms with E-state index in [1.807, 2.05) is 0 Å². The summed E-state index contributed by atoms with van der Waals surface area (Å²) in [6, 6.07) is 2.73. The highest BCUT2D eigenvalue weighted by Gasteiger charge is 2.45. The van der Waals surface area contributed by atoms with Crippen molar-refractivity contribution < 1.29 is 22.6 Å². The highest BCUT2D eigenvalue weighted by Crippen LogP contribution is 2.40. The fraction of sp³-hybridized carbons (Fsp3) is 0.571. The molecule has 21 heavy (non-hydrogen) atoms. The third-order valence-corrected chi connectivity index (χ3v) is 3.55. The van der Waals surface area contributed by atoms with Crippen LogP contribution in [0.3, 0.4) is 0 Å². The molecule has 0 aliphatic carbocycles. The first-order valence-corrected chi connectivity index (χ1v) is 6.70. The van der Waals surface area contributed by atoms with Gasteiger partial charge in [0.2, 0.25) is 0 Å². The van der Waals surface area contributed by atoms with Crippen LogP contribution in [-0.4, -0.2) is 51.5 Å². The lowest BCUT2D eigenvalue weighted by molar-refractivity contribution is -0.187. The van der Waals surface area contributed by atoms with Crippen LogP contribution < -0.4 is 14.8 Å². The number of nitrogens with zero attached hydrogens (tertiary/aromatic N) is 1. The Kier molecular flexibility index (Phi) is 4.95. The lowest BCUT2D eigenvalue weighted by Gasteiger charge is -2.36.